The second kappa shape index (κ2) is 3.09. The maximum atomic E-state index is 5.43. The molecule has 0 aromatic heterocycles. The monoisotopic (exact) mass is 140 g/mol. The Morgan fingerprint density at radius 3 is 2.60 bits per heavy atom. The number of hydrogen-bond acceptors (Lipinski definition) is 1. The number of hydrogen-bond donors (Lipinski definition) is 0. The first-order valence-electron chi connectivity index (χ1n) is 4.07. The van der Waals surface area contributed by atoms with Crippen molar-refractivity contribution in [3.63, 3.8) is 0 Å². The van der Waals surface area contributed by atoms with Gasteiger partial charge in [0.25, 0.3) is 0 Å². The Labute approximate surface area is 63.1 Å². The number of rotatable bonds is 1. The van der Waals surface area contributed by atoms with Gasteiger partial charge in [0.2, 0.25) is 0 Å². The summed E-state index contributed by atoms with van der Waals surface area (Å²) in [6, 6.07) is 0. The lowest BCUT2D eigenvalue weighted by molar-refractivity contribution is 0.0562. The van der Waals surface area contributed by atoms with Gasteiger partial charge in [0, 0.05) is 0 Å². The van der Waals surface area contributed by atoms with E-state index in [2.05, 4.69) is 26.8 Å². The molecule has 1 heteroatoms. The van der Waals surface area contributed by atoms with Gasteiger partial charge in [-0.15, -0.1) is 0 Å². The molecule has 0 spiro atoms. The predicted octanol–water partition coefficient (Wildman–Crippen LogP) is 2.58. The molecule has 1 aliphatic rings. The first-order chi connectivity index (χ1) is 4.75. The lowest BCUT2D eigenvalue weighted by atomic mass is 9.88. The maximum absolute atomic E-state index is 5.43. The second-order valence-electron chi connectivity index (χ2n) is 3.13. The Kier molecular flexibility index (Phi) is 2.36. The molecule has 0 saturated heterocycles. The highest BCUT2D eigenvalue weighted by molar-refractivity contribution is 4.91. The van der Waals surface area contributed by atoms with Crippen molar-refractivity contribution in [2.75, 3.05) is 0 Å². The maximum Gasteiger partial charge on any atom is 0.101 e. The van der Waals surface area contributed by atoms with Gasteiger partial charge >= 0.3 is 0 Å². The van der Waals surface area contributed by atoms with Crippen LogP contribution in [0.3, 0.4) is 0 Å². The zero-order valence-electron chi connectivity index (χ0n) is 7.00. The van der Waals surface area contributed by atoms with E-state index in [0.29, 0.717) is 17.9 Å². The predicted molar refractivity (Wildman–Crippen MR) is 42.6 cm³/mol. The quantitative estimate of drug-likeness (QED) is 0.544. The molecule has 1 rings (SSSR count). The summed E-state index contributed by atoms with van der Waals surface area (Å²) in [4.78, 5) is 0. The summed E-state index contributed by atoms with van der Waals surface area (Å²) >= 11 is 0. The average Bonchev–Trinajstić information content (AvgIpc) is 1.95. The van der Waals surface area contributed by atoms with Crippen LogP contribution in [0.2, 0.25) is 0 Å². The van der Waals surface area contributed by atoms with Crippen molar-refractivity contribution >= 4 is 0 Å². The highest BCUT2D eigenvalue weighted by Gasteiger charge is 2.23. The highest BCUT2D eigenvalue weighted by atomic mass is 16.5. The fourth-order valence-corrected chi connectivity index (χ4v) is 1.38. The largest absolute Gasteiger partial charge is 0.498 e. The smallest absolute Gasteiger partial charge is 0.101 e. The molecular weight excluding hydrogens is 124 g/mol. The first-order valence-corrected chi connectivity index (χ1v) is 4.07. The van der Waals surface area contributed by atoms with Crippen LogP contribution in [0.15, 0.2) is 12.3 Å². The van der Waals surface area contributed by atoms with Gasteiger partial charge in [0.1, 0.15) is 6.10 Å². The van der Waals surface area contributed by atoms with E-state index in [1.807, 2.05) is 6.26 Å². The Balaban J connectivity index is 2.56. The van der Waals surface area contributed by atoms with Crippen molar-refractivity contribution in [3.8, 4) is 0 Å². The van der Waals surface area contributed by atoms with Gasteiger partial charge in [0.05, 0.1) is 6.26 Å². The number of allylic oxidation sites excluding steroid dienone is 1. The fraction of sp³-hybridized carbons (Fsp3) is 0.778. The van der Waals surface area contributed by atoms with Gasteiger partial charge in [-0.05, 0) is 24.3 Å². The van der Waals surface area contributed by atoms with Gasteiger partial charge in [-0.2, -0.15) is 0 Å². The summed E-state index contributed by atoms with van der Waals surface area (Å²) in [5.74, 6) is 1.36. The summed E-state index contributed by atoms with van der Waals surface area (Å²) < 4.78 is 5.43. The molecule has 1 nitrogen and oxygen atoms in total. The van der Waals surface area contributed by atoms with Crippen LogP contribution >= 0.6 is 0 Å². The van der Waals surface area contributed by atoms with Gasteiger partial charge < -0.3 is 4.74 Å². The molecule has 0 fully saturated rings. The molecule has 1 aliphatic heterocycles. The van der Waals surface area contributed by atoms with Crippen LogP contribution < -0.4 is 0 Å². The van der Waals surface area contributed by atoms with E-state index in [1.54, 1.807) is 0 Å². The van der Waals surface area contributed by atoms with Crippen molar-refractivity contribution in [1.29, 1.82) is 0 Å². The van der Waals surface area contributed by atoms with Crippen molar-refractivity contribution in [1.82, 2.24) is 0 Å². The number of ether oxygens (including phenoxy) is 1. The third-order valence-corrected chi connectivity index (χ3v) is 2.45. The zero-order chi connectivity index (χ0) is 7.56. The normalized spacial score (nSPS) is 39.3. The SMILES string of the molecule is CCC1OC=C[C@@H](C)[C@@H]1C. The lowest BCUT2D eigenvalue weighted by Crippen LogP contribution is -2.26. The van der Waals surface area contributed by atoms with Gasteiger partial charge in [-0.25, -0.2) is 0 Å². The van der Waals surface area contributed by atoms with Crippen LogP contribution in [0.5, 0.6) is 0 Å². The van der Waals surface area contributed by atoms with E-state index in [-0.39, 0.29) is 0 Å². The van der Waals surface area contributed by atoms with Crippen molar-refractivity contribution < 1.29 is 4.74 Å². The molecule has 1 heterocycles. The van der Waals surface area contributed by atoms with Crippen LogP contribution in [0.25, 0.3) is 0 Å². The third kappa shape index (κ3) is 1.34. The van der Waals surface area contributed by atoms with Gasteiger partial charge in [-0.3, -0.25) is 0 Å². The highest BCUT2D eigenvalue weighted by Crippen LogP contribution is 2.25. The summed E-state index contributed by atoms with van der Waals surface area (Å²) in [6.07, 6.45) is 5.55. The molecule has 1 unspecified atom stereocenters. The van der Waals surface area contributed by atoms with Gasteiger partial charge in [0.15, 0.2) is 0 Å². The van der Waals surface area contributed by atoms with Crippen LogP contribution in [0, 0.1) is 11.8 Å². The standard InChI is InChI=1S/C9H16O/c1-4-9-8(3)7(2)5-6-10-9/h5-9H,4H2,1-3H3/t7-,8+,9?/m1/s1. The Morgan fingerprint density at radius 2 is 2.10 bits per heavy atom. The molecule has 58 valence electrons. The Hall–Kier alpha value is -0.460. The molecule has 3 atom stereocenters. The lowest BCUT2D eigenvalue weighted by Gasteiger charge is -2.29. The van der Waals surface area contributed by atoms with Crippen LogP contribution in [-0.2, 0) is 4.74 Å². The van der Waals surface area contributed by atoms with Crippen LogP contribution in [-0.4, -0.2) is 6.10 Å². The molecule has 10 heavy (non-hydrogen) atoms. The van der Waals surface area contributed by atoms with Crippen LogP contribution in [0.1, 0.15) is 27.2 Å². The van der Waals surface area contributed by atoms with Crippen molar-refractivity contribution in [2.24, 2.45) is 11.8 Å². The molecule has 0 saturated carbocycles. The van der Waals surface area contributed by atoms with E-state index >= 15 is 0 Å². The molecule has 0 aliphatic carbocycles. The van der Waals surface area contributed by atoms with Crippen molar-refractivity contribution in [3.05, 3.63) is 12.3 Å². The molecule has 0 bridgehead atoms. The molecule has 0 aromatic rings. The summed E-state index contributed by atoms with van der Waals surface area (Å²) in [5.41, 5.74) is 0. The minimum absolute atomic E-state index is 0.444. The molecule has 0 amide bonds. The Morgan fingerprint density at radius 1 is 1.40 bits per heavy atom. The van der Waals surface area contributed by atoms with E-state index in [0.717, 1.165) is 6.42 Å². The fourth-order valence-electron chi connectivity index (χ4n) is 1.38. The zero-order valence-corrected chi connectivity index (χ0v) is 7.00. The second-order valence-corrected chi connectivity index (χ2v) is 3.13. The van der Waals surface area contributed by atoms with E-state index in [1.165, 1.54) is 0 Å². The van der Waals surface area contributed by atoms with E-state index in [9.17, 15) is 0 Å². The van der Waals surface area contributed by atoms with E-state index < -0.39 is 0 Å². The minimum atomic E-state index is 0.444. The summed E-state index contributed by atoms with van der Waals surface area (Å²) in [5, 5.41) is 0. The average molecular weight is 140 g/mol. The minimum Gasteiger partial charge on any atom is -0.498 e. The topological polar surface area (TPSA) is 9.23 Å². The third-order valence-electron chi connectivity index (χ3n) is 2.45. The van der Waals surface area contributed by atoms with Gasteiger partial charge in [-0.1, -0.05) is 20.8 Å². The molecule has 0 N–H and O–H groups in total. The summed E-state index contributed by atoms with van der Waals surface area (Å²) in [6.45, 7) is 6.67. The molecule has 0 aromatic carbocycles. The van der Waals surface area contributed by atoms with E-state index in [4.69, 9.17) is 4.74 Å². The Bertz CT molecular complexity index is 129. The van der Waals surface area contributed by atoms with Crippen LogP contribution in [0.4, 0.5) is 0 Å². The van der Waals surface area contributed by atoms with Crippen molar-refractivity contribution in [2.45, 2.75) is 33.3 Å². The summed E-state index contributed by atoms with van der Waals surface area (Å²) in [7, 11) is 0. The molecular formula is C9H16O. The first kappa shape index (κ1) is 7.64. The molecule has 0 radical (unpaired) electrons.